The van der Waals surface area contributed by atoms with Crippen molar-refractivity contribution in [1.29, 1.82) is 0 Å². The van der Waals surface area contributed by atoms with Crippen LogP contribution in [0.25, 0.3) is 11.5 Å². The molecule has 1 aromatic carbocycles. The van der Waals surface area contributed by atoms with Crippen molar-refractivity contribution in [1.82, 2.24) is 10.2 Å². The minimum atomic E-state index is 0.224. The lowest BCUT2D eigenvalue weighted by Crippen LogP contribution is -2.18. The summed E-state index contributed by atoms with van der Waals surface area (Å²) in [4.78, 5) is 0. The number of nitrogens with one attached hydrogen (secondary N) is 1. The fourth-order valence-electron chi connectivity index (χ4n) is 1.39. The van der Waals surface area contributed by atoms with Gasteiger partial charge in [-0.2, -0.15) is 0 Å². The van der Waals surface area contributed by atoms with Crippen LogP contribution in [0, 0.1) is 0 Å². The number of thiocarbonyl (C=S) groups is 1. The molecule has 0 amide bonds. The first-order valence-corrected chi connectivity index (χ1v) is 5.59. The van der Waals surface area contributed by atoms with Crippen molar-refractivity contribution in [3.8, 4) is 11.5 Å². The zero-order valence-corrected chi connectivity index (χ0v) is 10.1. The van der Waals surface area contributed by atoms with Crippen LogP contribution in [0.3, 0.4) is 0 Å². The molecule has 0 fully saturated rings. The minimum Gasteiger partial charge on any atom is -0.421 e. The van der Waals surface area contributed by atoms with Crippen LogP contribution in [-0.2, 0) is 6.42 Å². The summed E-state index contributed by atoms with van der Waals surface area (Å²) in [5.41, 5.74) is 7.04. The van der Waals surface area contributed by atoms with Crippen molar-refractivity contribution in [2.75, 3.05) is 5.32 Å². The predicted molar refractivity (Wildman–Crippen MR) is 69.5 cm³/mol. The van der Waals surface area contributed by atoms with E-state index in [4.69, 9.17) is 22.4 Å². The molecule has 0 saturated heterocycles. The zero-order chi connectivity index (χ0) is 12.3. The number of hydrogen-bond acceptors (Lipinski definition) is 4. The van der Waals surface area contributed by atoms with Gasteiger partial charge in [0.25, 0.3) is 0 Å². The van der Waals surface area contributed by atoms with Gasteiger partial charge >= 0.3 is 0 Å². The topological polar surface area (TPSA) is 77.0 Å². The number of hydrogen-bond donors (Lipinski definition) is 2. The number of rotatable bonds is 3. The average molecular weight is 248 g/mol. The van der Waals surface area contributed by atoms with E-state index < -0.39 is 0 Å². The Hall–Kier alpha value is -1.95. The van der Waals surface area contributed by atoms with Crippen LogP contribution in [0.15, 0.2) is 28.7 Å². The van der Waals surface area contributed by atoms with Crippen molar-refractivity contribution in [3.63, 3.8) is 0 Å². The summed E-state index contributed by atoms with van der Waals surface area (Å²) in [5.74, 6) is 1.11. The van der Waals surface area contributed by atoms with Gasteiger partial charge in [-0.3, -0.25) is 0 Å². The van der Waals surface area contributed by atoms with Gasteiger partial charge in [0.15, 0.2) is 5.11 Å². The Labute approximate surface area is 104 Å². The minimum absolute atomic E-state index is 0.224. The average Bonchev–Trinajstić information content (AvgIpc) is 2.77. The summed E-state index contributed by atoms with van der Waals surface area (Å²) in [6.07, 6.45) is 0.720. The van der Waals surface area contributed by atoms with Crippen LogP contribution < -0.4 is 11.1 Å². The molecule has 2 rings (SSSR count). The second-order valence-electron chi connectivity index (χ2n) is 3.42. The normalized spacial score (nSPS) is 10.2. The predicted octanol–water partition coefficient (Wildman–Crippen LogP) is 1.95. The Morgan fingerprint density at radius 3 is 2.94 bits per heavy atom. The van der Waals surface area contributed by atoms with Crippen LogP contribution in [0.5, 0.6) is 0 Å². The van der Waals surface area contributed by atoms with Gasteiger partial charge in [-0.25, -0.2) is 0 Å². The lowest BCUT2D eigenvalue weighted by molar-refractivity contribution is 0.513. The van der Waals surface area contributed by atoms with E-state index in [1.165, 1.54) is 0 Å². The van der Waals surface area contributed by atoms with Crippen LogP contribution in [0.2, 0.25) is 0 Å². The first-order chi connectivity index (χ1) is 8.19. The molecule has 0 aliphatic rings. The molecule has 0 saturated carbocycles. The maximum atomic E-state index is 5.46. The maximum absolute atomic E-state index is 5.46. The van der Waals surface area contributed by atoms with E-state index in [0.29, 0.717) is 11.8 Å². The van der Waals surface area contributed by atoms with E-state index in [-0.39, 0.29) is 5.11 Å². The molecule has 0 bridgehead atoms. The third-order valence-corrected chi connectivity index (χ3v) is 2.25. The van der Waals surface area contributed by atoms with Gasteiger partial charge in [-0.15, -0.1) is 10.2 Å². The van der Waals surface area contributed by atoms with E-state index in [1.54, 1.807) is 0 Å². The molecular formula is C11H12N4OS. The maximum Gasteiger partial charge on any atom is 0.247 e. The van der Waals surface area contributed by atoms with Gasteiger partial charge in [0, 0.05) is 17.7 Å². The molecule has 0 aliphatic heterocycles. The summed E-state index contributed by atoms with van der Waals surface area (Å²) in [6, 6.07) is 7.47. The van der Waals surface area contributed by atoms with Crippen LogP contribution in [0.4, 0.5) is 5.69 Å². The summed E-state index contributed by atoms with van der Waals surface area (Å²) in [7, 11) is 0. The summed E-state index contributed by atoms with van der Waals surface area (Å²) >= 11 is 4.78. The van der Waals surface area contributed by atoms with Gasteiger partial charge in [0.1, 0.15) is 0 Å². The quantitative estimate of drug-likeness (QED) is 0.808. The van der Waals surface area contributed by atoms with E-state index in [9.17, 15) is 0 Å². The van der Waals surface area contributed by atoms with Gasteiger partial charge in [-0.05, 0) is 30.4 Å². The molecule has 17 heavy (non-hydrogen) atoms. The fraction of sp³-hybridized carbons (Fsp3) is 0.182. The molecule has 1 aromatic heterocycles. The second kappa shape index (κ2) is 4.92. The fourth-order valence-corrected chi connectivity index (χ4v) is 1.50. The van der Waals surface area contributed by atoms with E-state index >= 15 is 0 Å². The Bertz CT molecular complexity index is 538. The number of nitrogens with zero attached hydrogens (tertiary/aromatic N) is 2. The highest BCUT2D eigenvalue weighted by Gasteiger charge is 2.07. The van der Waals surface area contributed by atoms with Gasteiger partial charge in [0.2, 0.25) is 11.8 Å². The molecule has 1 heterocycles. The van der Waals surface area contributed by atoms with Crippen molar-refractivity contribution in [2.24, 2.45) is 5.73 Å². The third-order valence-electron chi connectivity index (χ3n) is 2.15. The molecule has 0 radical (unpaired) electrons. The van der Waals surface area contributed by atoms with Crippen LogP contribution in [0.1, 0.15) is 12.8 Å². The van der Waals surface area contributed by atoms with Crippen molar-refractivity contribution in [3.05, 3.63) is 30.2 Å². The molecule has 0 atom stereocenters. The van der Waals surface area contributed by atoms with Gasteiger partial charge < -0.3 is 15.5 Å². The Balaban J connectivity index is 2.29. The Morgan fingerprint density at radius 2 is 2.29 bits per heavy atom. The first kappa shape index (κ1) is 11.5. The highest BCUT2D eigenvalue weighted by Crippen LogP contribution is 2.21. The van der Waals surface area contributed by atoms with Crippen molar-refractivity contribution >= 4 is 23.0 Å². The molecule has 6 heteroatoms. The standard InChI is InChI=1S/C11H12N4OS/c1-2-9-14-15-10(16-9)7-4-3-5-8(6-7)13-11(12)17/h3-6H,2H2,1H3,(H3,12,13,17). The molecular weight excluding hydrogens is 236 g/mol. The molecule has 0 spiro atoms. The monoisotopic (exact) mass is 248 g/mol. The van der Waals surface area contributed by atoms with Crippen LogP contribution in [-0.4, -0.2) is 15.3 Å². The number of anilines is 1. The largest absolute Gasteiger partial charge is 0.421 e. The van der Waals surface area contributed by atoms with Crippen LogP contribution >= 0.6 is 12.2 Å². The number of aromatic nitrogens is 2. The lowest BCUT2D eigenvalue weighted by Gasteiger charge is -2.04. The number of aryl methyl sites for hydroxylation is 1. The van der Waals surface area contributed by atoms with Crippen molar-refractivity contribution in [2.45, 2.75) is 13.3 Å². The Morgan fingerprint density at radius 1 is 1.47 bits per heavy atom. The molecule has 0 unspecified atom stereocenters. The summed E-state index contributed by atoms with van der Waals surface area (Å²) in [6.45, 7) is 1.96. The smallest absolute Gasteiger partial charge is 0.247 e. The lowest BCUT2D eigenvalue weighted by atomic mass is 10.2. The molecule has 88 valence electrons. The van der Waals surface area contributed by atoms with E-state index in [1.807, 2.05) is 31.2 Å². The Kier molecular flexibility index (Phi) is 3.34. The van der Waals surface area contributed by atoms with E-state index in [2.05, 4.69) is 15.5 Å². The van der Waals surface area contributed by atoms with Gasteiger partial charge in [0.05, 0.1) is 0 Å². The van der Waals surface area contributed by atoms with Gasteiger partial charge in [-0.1, -0.05) is 13.0 Å². The number of benzene rings is 1. The summed E-state index contributed by atoms with van der Waals surface area (Å²) < 4.78 is 5.46. The third kappa shape index (κ3) is 2.79. The molecule has 0 aliphatic carbocycles. The SMILES string of the molecule is CCc1nnc(-c2cccc(NC(N)=S)c2)o1. The highest BCUT2D eigenvalue weighted by molar-refractivity contribution is 7.80. The molecule has 3 N–H and O–H groups in total. The summed E-state index contributed by atoms with van der Waals surface area (Å²) in [5, 5.41) is 11.0. The number of nitrogens with two attached hydrogens (primary N) is 1. The highest BCUT2D eigenvalue weighted by atomic mass is 32.1. The van der Waals surface area contributed by atoms with E-state index in [0.717, 1.165) is 17.7 Å². The second-order valence-corrected chi connectivity index (χ2v) is 3.86. The molecule has 2 aromatic rings. The zero-order valence-electron chi connectivity index (χ0n) is 9.30. The first-order valence-electron chi connectivity index (χ1n) is 5.18. The molecule has 5 nitrogen and oxygen atoms in total. The van der Waals surface area contributed by atoms with Crippen molar-refractivity contribution < 1.29 is 4.42 Å².